The van der Waals surface area contributed by atoms with Crippen LogP contribution in [0.3, 0.4) is 0 Å². The van der Waals surface area contributed by atoms with E-state index < -0.39 is 0 Å². The van der Waals surface area contributed by atoms with E-state index in [4.69, 9.17) is 0 Å². The van der Waals surface area contributed by atoms with Crippen LogP contribution in [0.1, 0.15) is 6.42 Å². The highest BCUT2D eigenvalue weighted by Gasteiger charge is 2.15. The fourth-order valence-electron chi connectivity index (χ4n) is 2.84. The Kier molecular flexibility index (Phi) is 5.05. The van der Waals surface area contributed by atoms with Gasteiger partial charge in [-0.3, -0.25) is 9.69 Å². The Labute approximate surface area is 136 Å². The first-order valence-electron chi connectivity index (χ1n) is 8.00. The number of amides is 1. The monoisotopic (exact) mass is 313 g/mol. The second kappa shape index (κ2) is 7.39. The molecule has 0 unspecified atom stereocenters. The summed E-state index contributed by atoms with van der Waals surface area (Å²) in [5.74, 6) is 0.0383. The first kappa shape index (κ1) is 15.7. The van der Waals surface area contributed by atoms with Gasteiger partial charge < -0.3 is 15.2 Å². The highest BCUT2D eigenvalue weighted by atomic mass is 16.2. The number of aromatic amines is 1. The smallest absolute Gasteiger partial charge is 0.238 e. The summed E-state index contributed by atoms with van der Waals surface area (Å²) in [6.07, 6.45) is 4.53. The Balaban J connectivity index is 1.58. The molecule has 0 spiro atoms. The molecule has 3 rings (SSSR count). The number of nitrogens with one attached hydrogen (secondary N) is 2. The minimum absolute atomic E-state index is 0.0383. The number of hydrogen-bond acceptors (Lipinski definition) is 4. The summed E-state index contributed by atoms with van der Waals surface area (Å²) in [6.45, 7) is 4.49. The van der Waals surface area contributed by atoms with Gasteiger partial charge in [-0.2, -0.15) is 0 Å². The van der Waals surface area contributed by atoms with Crippen LogP contribution < -0.4 is 5.32 Å². The summed E-state index contributed by atoms with van der Waals surface area (Å²) in [4.78, 5) is 23.9. The molecule has 1 amide bonds. The van der Waals surface area contributed by atoms with Crippen LogP contribution in [0.25, 0.3) is 11.3 Å². The molecule has 1 aliphatic rings. The van der Waals surface area contributed by atoms with Gasteiger partial charge in [0.15, 0.2) is 0 Å². The van der Waals surface area contributed by atoms with Crippen molar-refractivity contribution in [3.05, 3.63) is 36.8 Å². The number of imidazole rings is 1. The molecule has 2 N–H and O–H groups in total. The highest BCUT2D eigenvalue weighted by Crippen LogP contribution is 2.20. The standard InChI is InChI=1S/C17H23N5O/c1-21-6-3-7-22(9-8-21)12-17(23)20-15-5-2-4-14(10-15)16-11-18-13-19-16/h2,4-5,10-11,13H,3,6-9,12H2,1H3,(H,18,19)(H,20,23). The minimum Gasteiger partial charge on any atom is -0.345 e. The average molecular weight is 313 g/mol. The maximum Gasteiger partial charge on any atom is 0.238 e. The van der Waals surface area contributed by atoms with Crippen molar-refractivity contribution in [3.8, 4) is 11.3 Å². The summed E-state index contributed by atoms with van der Waals surface area (Å²) in [5.41, 5.74) is 2.77. The van der Waals surface area contributed by atoms with Gasteiger partial charge in [0.25, 0.3) is 0 Å². The number of aromatic nitrogens is 2. The molecule has 6 nitrogen and oxygen atoms in total. The number of carbonyl (C=O) groups is 1. The molecule has 0 radical (unpaired) electrons. The number of rotatable bonds is 4. The molecule has 6 heteroatoms. The van der Waals surface area contributed by atoms with Crippen LogP contribution in [0, 0.1) is 0 Å². The van der Waals surface area contributed by atoms with Gasteiger partial charge in [0.05, 0.1) is 24.8 Å². The zero-order chi connectivity index (χ0) is 16.1. The van der Waals surface area contributed by atoms with Crippen molar-refractivity contribution in [3.63, 3.8) is 0 Å². The molecular formula is C17H23N5O. The van der Waals surface area contributed by atoms with Crippen LogP contribution in [0.4, 0.5) is 5.69 Å². The third kappa shape index (κ3) is 4.40. The number of H-pyrrole nitrogens is 1. The molecule has 2 aromatic rings. The van der Waals surface area contributed by atoms with Gasteiger partial charge in [-0.05, 0) is 38.7 Å². The normalized spacial score (nSPS) is 16.9. The number of nitrogens with zero attached hydrogens (tertiary/aromatic N) is 3. The molecule has 0 saturated carbocycles. The zero-order valence-corrected chi connectivity index (χ0v) is 13.5. The minimum atomic E-state index is 0.0383. The van der Waals surface area contributed by atoms with E-state index in [0.717, 1.165) is 49.5 Å². The maximum absolute atomic E-state index is 12.3. The van der Waals surface area contributed by atoms with Gasteiger partial charge in [0.2, 0.25) is 5.91 Å². The Morgan fingerprint density at radius 3 is 3.04 bits per heavy atom. The molecule has 23 heavy (non-hydrogen) atoms. The van der Waals surface area contributed by atoms with E-state index in [9.17, 15) is 4.79 Å². The van der Waals surface area contributed by atoms with Gasteiger partial charge >= 0.3 is 0 Å². The number of carbonyl (C=O) groups excluding carboxylic acids is 1. The largest absolute Gasteiger partial charge is 0.345 e. The third-order valence-corrected chi connectivity index (χ3v) is 4.13. The summed E-state index contributed by atoms with van der Waals surface area (Å²) in [7, 11) is 2.13. The Morgan fingerprint density at radius 1 is 1.30 bits per heavy atom. The lowest BCUT2D eigenvalue weighted by molar-refractivity contribution is -0.117. The van der Waals surface area contributed by atoms with Crippen molar-refractivity contribution in [1.29, 1.82) is 0 Å². The second-order valence-corrected chi connectivity index (χ2v) is 6.03. The summed E-state index contributed by atoms with van der Waals surface area (Å²) in [5, 5.41) is 2.99. The molecule has 1 aromatic carbocycles. The van der Waals surface area contributed by atoms with Crippen molar-refractivity contribution >= 4 is 11.6 Å². The third-order valence-electron chi connectivity index (χ3n) is 4.13. The van der Waals surface area contributed by atoms with Crippen LogP contribution in [-0.2, 0) is 4.79 Å². The average Bonchev–Trinajstić information content (AvgIpc) is 3.00. The topological polar surface area (TPSA) is 64.3 Å². The van der Waals surface area contributed by atoms with E-state index in [1.807, 2.05) is 24.3 Å². The molecule has 1 fully saturated rings. The quantitative estimate of drug-likeness (QED) is 0.901. The van der Waals surface area contributed by atoms with E-state index in [1.54, 1.807) is 12.5 Å². The van der Waals surface area contributed by atoms with Crippen molar-refractivity contribution in [2.75, 3.05) is 45.1 Å². The van der Waals surface area contributed by atoms with E-state index >= 15 is 0 Å². The lowest BCUT2D eigenvalue weighted by atomic mass is 10.1. The number of anilines is 1. The van der Waals surface area contributed by atoms with Crippen LogP contribution in [-0.4, -0.2) is 65.4 Å². The Hall–Kier alpha value is -2.18. The zero-order valence-electron chi connectivity index (χ0n) is 13.5. The lowest BCUT2D eigenvalue weighted by Gasteiger charge is -2.19. The molecule has 1 aromatic heterocycles. The SMILES string of the molecule is CN1CCCN(CC(=O)Nc2cccc(-c3cnc[nH]3)c2)CC1. The van der Waals surface area contributed by atoms with E-state index in [-0.39, 0.29) is 5.91 Å². The van der Waals surface area contributed by atoms with Crippen LogP contribution >= 0.6 is 0 Å². The van der Waals surface area contributed by atoms with E-state index in [1.165, 1.54) is 0 Å². The van der Waals surface area contributed by atoms with Gasteiger partial charge in [-0.15, -0.1) is 0 Å². The Bertz CT molecular complexity index is 640. The van der Waals surface area contributed by atoms with Crippen molar-refractivity contribution < 1.29 is 4.79 Å². The van der Waals surface area contributed by atoms with Crippen LogP contribution in [0.15, 0.2) is 36.8 Å². The van der Waals surface area contributed by atoms with Crippen molar-refractivity contribution in [1.82, 2.24) is 19.8 Å². The predicted octanol–water partition coefficient (Wildman–Crippen LogP) is 1.65. The first-order chi connectivity index (χ1) is 11.2. The second-order valence-electron chi connectivity index (χ2n) is 6.03. The molecule has 2 heterocycles. The summed E-state index contributed by atoms with van der Waals surface area (Å²) < 4.78 is 0. The molecule has 0 aliphatic carbocycles. The Morgan fingerprint density at radius 2 is 2.22 bits per heavy atom. The van der Waals surface area contributed by atoms with Crippen molar-refractivity contribution in [2.24, 2.45) is 0 Å². The molecule has 1 saturated heterocycles. The first-order valence-corrected chi connectivity index (χ1v) is 8.00. The van der Waals surface area contributed by atoms with Gasteiger partial charge in [-0.1, -0.05) is 12.1 Å². The van der Waals surface area contributed by atoms with Crippen LogP contribution in [0.2, 0.25) is 0 Å². The molecular weight excluding hydrogens is 290 g/mol. The maximum atomic E-state index is 12.3. The summed E-state index contributed by atoms with van der Waals surface area (Å²) in [6, 6.07) is 7.80. The highest BCUT2D eigenvalue weighted by molar-refractivity contribution is 5.92. The fraction of sp³-hybridized carbons (Fsp3) is 0.412. The van der Waals surface area contributed by atoms with Crippen LogP contribution in [0.5, 0.6) is 0 Å². The number of likely N-dealkylation sites (N-methyl/N-ethyl adjacent to an activating group) is 1. The van der Waals surface area contributed by atoms with Gasteiger partial charge in [-0.25, -0.2) is 4.98 Å². The van der Waals surface area contributed by atoms with Gasteiger partial charge in [0.1, 0.15) is 0 Å². The molecule has 1 aliphatic heterocycles. The molecule has 122 valence electrons. The molecule has 0 atom stereocenters. The van der Waals surface area contributed by atoms with E-state index in [0.29, 0.717) is 6.54 Å². The fourth-order valence-corrected chi connectivity index (χ4v) is 2.84. The van der Waals surface area contributed by atoms with Crippen molar-refractivity contribution in [2.45, 2.75) is 6.42 Å². The summed E-state index contributed by atoms with van der Waals surface area (Å²) >= 11 is 0. The lowest BCUT2D eigenvalue weighted by Crippen LogP contribution is -2.35. The van der Waals surface area contributed by atoms with Gasteiger partial charge in [0, 0.05) is 24.3 Å². The number of benzene rings is 1. The van der Waals surface area contributed by atoms with E-state index in [2.05, 4.69) is 32.1 Å². The molecule has 0 bridgehead atoms. The predicted molar refractivity (Wildman–Crippen MR) is 91.2 cm³/mol. The number of hydrogen-bond donors (Lipinski definition) is 2.